The summed E-state index contributed by atoms with van der Waals surface area (Å²) in [5.74, 6) is -2.30. The van der Waals surface area contributed by atoms with Gasteiger partial charge in [0.2, 0.25) is 0 Å². The third kappa shape index (κ3) is 3.60. The number of carbonyl (C=O) groups excluding carboxylic acids is 2. The summed E-state index contributed by atoms with van der Waals surface area (Å²) in [6.45, 7) is 1.62. The zero-order valence-corrected chi connectivity index (χ0v) is 16.0. The second kappa shape index (κ2) is 7.58. The Hall–Kier alpha value is -3.58. The molecule has 0 atom stereocenters. The van der Waals surface area contributed by atoms with Crippen LogP contribution in [0.3, 0.4) is 0 Å². The van der Waals surface area contributed by atoms with Crippen molar-refractivity contribution in [1.82, 2.24) is 14.8 Å². The molecule has 10 heteroatoms. The van der Waals surface area contributed by atoms with Gasteiger partial charge in [-0.15, -0.1) is 0 Å². The monoisotopic (exact) mass is 442 g/mol. The van der Waals surface area contributed by atoms with E-state index in [0.29, 0.717) is 5.56 Å². The van der Waals surface area contributed by atoms with E-state index in [4.69, 9.17) is 11.0 Å². The van der Waals surface area contributed by atoms with Gasteiger partial charge in [0.15, 0.2) is 11.6 Å². The Morgan fingerprint density at radius 1 is 1.36 bits per heavy atom. The molecule has 3 N–H and O–H groups in total. The van der Waals surface area contributed by atoms with Crippen molar-refractivity contribution in [2.45, 2.75) is 6.92 Å². The van der Waals surface area contributed by atoms with Gasteiger partial charge in [-0.1, -0.05) is 0 Å². The molecule has 0 bridgehead atoms. The molecule has 1 aromatic carbocycles. The molecule has 0 radical (unpaired) electrons. The number of hydrogen-bond acceptors (Lipinski definition) is 5. The minimum atomic E-state index is -0.805. The summed E-state index contributed by atoms with van der Waals surface area (Å²) in [5.41, 5.74) is 6.19. The SMILES string of the molecule is Cc1cc(C#N)cc(C(N)=O)c1NC(=O)c1cc(Br)nn1-c1ncccc1F. The van der Waals surface area contributed by atoms with Crippen LogP contribution < -0.4 is 11.1 Å². The van der Waals surface area contributed by atoms with Crippen molar-refractivity contribution in [1.29, 1.82) is 5.26 Å². The van der Waals surface area contributed by atoms with Crippen molar-refractivity contribution < 1.29 is 14.0 Å². The van der Waals surface area contributed by atoms with E-state index in [2.05, 4.69) is 31.3 Å². The smallest absolute Gasteiger partial charge is 0.274 e. The quantitative estimate of drug-likeness (QED) is 0.641. The Morgan fingerprint density at radius 3 is 2.75 bits per heavy atom. The van der Waals surface area contributed by atoms with Gasteiger partial charge in [-0.2, -0.15) is 10.4 Å². The number of hydrogen-bond donors (Lipinski definition) is 2. The maximum atomic E-state index is 14.1. The summed E-state index contributed by atoms with van der Waals surface area (Å²) in [4.78, 5) is 28.5. The van der Waals surface area contributed by atoms with E-state index in [9.17, 15) is 14.0 Å². The van der Waals surface area contributed by atoms with Crippen LogP contribution in [0.2, 0.25) is 0 Å². The molecule has 8 nitrogen and oxygen atoms in total. The topological polar surface area (TPSA) is 127 Å². The molecular formula is C18H12BrFN6O2. The van der Waals surface area contributed by atoms with Gasteiger partial charge in [-0.05, 0) is 52.7 Å². The summed E-state index contributed by atoms with van der Waals surface area (Å²) < 4.78 is 15.4. The normalized spacial score (nSPS) is 10.4. The third-order valence-corrected chi connectivity index (χ3v) is 4.21. The number of nitrogens with one attached hydrogen (secondary N) is 1. The highest BCUT2D eigenvalue weighted by atomic mass is 79.9. The Bertz CT molecular complexity index is 1150. The Labute approximate surface area is 166 Å². The molecule has 140 valence electrons. The average Bonchev–Trinajstić information content (AvgIpc) is 3.04. The number of pyridine rings is 1. The van der Waals surface area contributed by atoms with E-state index in [1.54, 1.807) is 6.92 Å². The molecule has 3 aromatic rings. The first-order chi connectivity index (χ1) is 13.3. The van der Waals surface area contributed by atoms with Gasteiger partial charge in [-0.25, -0.2) is 14.1 Å². The molecule has 0 aliphatic carbocycles. The van der Waals surface area contributed by atoms with Gasteiger partial charge in [0.05, 0.1) is 22.9 Å². The minimum Gasteiger partial charge on any atom is -0.366 e. The molecule has 2 aromatic heterocycles. The summed E-state index contributed by atoms with van der Waals surface area (Å²) in [6, 6.07) is 8.71. The lowest BCUT2D eigenvalue weighted by Crippen LogP contribution is -2.22. The molecule has 2 heterocycles. The first-order valence-electron chi connectivity index (χ1n) is 7.84. The van der Waals surface area contributed by atoms with E-state index in [-0.39, 0.29) is 32.9 Å². The zero-order chi connectivity index (χ0) is 20.4. The van der Waals surface area contributed by atoms with Gasteiger partial charge >= 0.3 is 0 Å². The van der Waals surface area contributed by atoms with Crippen molar-refractivity contribution in [2.75, 3.05) is 5.32 Å². The van der Waals surface area contributed by atoms with Crippen LogP contribution in [0.15, 0.2) is 41.1 Å². The number of nitrogens with zero attached hydrogens (tertiary/aromatic N) is 4. The lowest BCUT2D eigenvalue weighted by molar-refractivity contribution is 0.100. The largest absolute Gasteiger partial charge is 0.366 e. The predicted octanol–water partition coefficient (Wildman–Crippen LogP) is 2.70. The fourth-order valence-electron chi connectivity index (χ4n) is 2.60. The highest BCUT2D eigenvalue weighted by Crippen LogP contribution is 2.24. The third-order valence-electron chi connectivity index (χ3n) is 3.82. The van der Waals surface area contributed by atoms with Crippen LogP contribution in [-0.2, 0) is 0 Å². The number of amides is 2. The van der Waals surface area contributed by atoms with E-state index in [1.165, 1.54) is 36.5 Å². The van der Waals surface area contributed by atoms with Gasteiger partial charge in [0.1, 0.15) is 10.3 Å². The van der Waals surface area contributed by atoms with Crippen LogP contribution in [0.5, 0.6) is 0 Å². The maximum absolute atomic E-state index is 14.1. The minimum absolute atomic E-state index is 0.0148. The van der Waals surface area contributed by atoms with Crippen LogP contribution in [0.4, 0.5) is 10.1 Å². The fraction of sp³-hybridized carbons (Fsp3) is 0.0556. The second-order valence-corrected chi connectivity index (χ2v) is 6.53. The number of aryl methyl sites for hydroxylation is 1. The highest BCUT2D eigenvalue weighted by Gasteiger charge is 2.22. The molecule has 3 rings (SSSR count). The summed E-state index contributed by atoms with van der Waals surface area (Å²) >= 11 is 3.16. The second-order valence-electron chi connectivity index (χ2n) is 5.72. The molecular weight excluding hydrogens is 431 g/mol. The molecule has 0 saturated carbocycles. The van der Waals surface area contributed by atoms with Crippen LogP contribution in [0, 0.1) is 24.1 Å². The Morgan fingerprint density at radius 2 is 2.11 bits per heavy atom. The highest BCUT2D eigenvalue weighted by molar-refractivity contribution is 9.10. The standard InChI is InChI=1S/C18H12BrFN6O2/c1-9-5-10(8-21)6-11(16(22)27)15(9)24-18(28)13-7-14(19)25-26(13)17-12(20)3-2-4-23-17/h2-7H,1H3,(H2,22,27)(H,24,28). The van der Waals surface area contributed by atoms with Crippen molar-refractivity contribution in [3.05, 3.63) is 69.3 Å². The molecule has 28 heavy (non-hydrogen) atoms. The van der Waals surface area contributed by atoms with E-state index in [0.717, 1.165) is 4.68 Å². The van der Waals surface area contributed by atoms with Crippen molar-refractivity contribution in [3.63, 3.8) is 0 Å². The van der Waals surface area contributed by atoms with Crippen LogP contribution in [0.25, 0.3) is 5.82 Å². The van der Waals surface area contributed by atoms with Crippen LogP contribution >= 0.6 is 15.9 Å². The fourth-order valence-corrected chi connectivity index (χ4v) is 2.97. The maximum Gasteiger partial charge on any atom is 0.274 e. The number of rotatable bonds is 4. The van der Waals surface area contributed by atoms with Gasteiger partial charge in [0, 0.05) is 12.3 Å². The number of carbonyl (C=O) groups is 2. The summed E-state index contributed by atoms with van der Waals surface area (Å²) in [5, 5.41) is 15.7. The first kappa shape index (κ1) is 19.2. The van der Waals surface area contributed by atoms with E-state index >= 15 is 0 Å². The molecule has 0 aliphatic heterocycles. The van der Waals surface area contributed by atoms with E-state index in [1.807, 2.05) is 6.07 Å². The Kier molecular flexibility index (Phi) is 5.19. The molecule has 0 spiro atoms. The molecule has 0 aliphatic rings. The van der Waals surface area contributed by atoms with Crippen molar-refractivity contribution in [3.8, 4) is 11.9 Å². The number of nitriles is 1. The number of anilines is 1. The average molecular weight is 443 g/mol. The lowest BCUT2D eigenvalue weighted by atomic mass is 10.0. The number of nitrogens with two attached hydrogens (primary N) is 1. The summed E-state index contributed by atoms with van der Waals surface area (Å²) in [6.07, 6.45) is 1.37. The van der Waals surface area contributed by atoms with Gasteiger partial charge in [-0.3, -0.25) is 9.59 Å². The number of halogens is 2. The van der Waals surface area contributed by atoms with Gasteiger partial charge in [0.25, 0.3) is 11.8 Å². The van der Waals surface area contributed by atoms with Crippen molar-refractivity contribution in [2.24, 2.45) is 5.73 Å². The molecule has 0 saturated heterocycles. The van der Waals surface area contributed by atoms with Crippen LogP contribution in [-0.4, -0.2) is 26.6 Å². The number of aromatic nitrogens is 3. The molecule has 0 fully saturated rings. The predicted molar refractivity (Wildman–Crippen MR) is 101 cm³/mol. The molecule has 0 unspecified atom stereocenters. The van der Waals surface area contributed by atoms with E-state index < -0.39 is 17.6 Å². The van der Waals surface area contributed by atoms with Crippen molar-refractivity contribution >= 4 is 33.4 Å². The number of benzene rings is 1. The Balaban J connectivity index is 2.06. The number of primary amides is 1. The zero-order valence-electron chi connectivity index (χ0n) is 14.4. The van der Waals surface area contributed by atoms with Crippen LogP contribution in [0.1, 0.15) is 32.0 Å². The first-order valence-corrected chi connectivity index (χ1v) is 8.63. The molecule has 2 amide bonds. The summed E-state index contributed by atoms with van der Waals surface area (Å²) in [7, 11) is 0. The lowest BCUT2D eigenvalue weighted by Gasteiger charge is -2.13. The van der Waals surface area contributed by atoms with Gasteiger partial charge < -0.3 is 11.1 Å².